The molecule has 0 aromatic heterocycles. The smallest absolute Gasteiger partial charge is 0.283 e. The molecule has 6 heteroatoms. The highest BCUT2D eigenvalue weighted by molar-refractivity contribution is 9.10. The van der Waals surface area contributed by atoms with Gasteiger partial charge in [0.05, 0.1) is 9.40 Å². The Balaban J connectivity index is 2.10. The lowest BCUT2D eigenvalue weighted by molar-refractivity contribution is -0.385. The van der Waals surface area contributed by atoms with Crippen molar-refractivity contribution in [3.63, 3.8) is 0 Å². The third-order valence-electron chi connectivity index (χ3n) is 3.20. The van der Waals surface area contributed by atoms with Crippen molar-refractivity contribution in [2.75, 3.05) is 0 Å². The van der Waals surface area contributed by atoms with E-state index in [9.17, 15) is 10.1 Å². The summed E-state index contributed by atoms with van der Waals surface area (Å²) in [5.74, 6) is 0. The molecule has 2 aromatic carbocycles. The fourth-order valence-electron chi connectivity index (χ4n) is 2.00. The Morgan fingerprint density at radius 2 is 2.05 bits per heavy atom. The molecule has 1 N–H and O–H groups in total. The van der Waals surface area contributed by atoms with Crippen LogP contribution in [0.2, 0.25) is 5.02 Å². The fourth-order valence-corrected chi connectivity index (χ4v) is 2.75. The number of hydrogen-bond acceptors (Lipinski definition) is 3. The predicted molar refractivity (Wildman–Crippen MR) is 87.5 cm³/mol. The molecule has 4 nitrogen and oxygen atoms in total. The first kappa shape index (κ1) is 15.9. The van der Waals surface area contributed by atoms with Crippen LogP contribution in [0, 0.1) is 10.1 Å². The lowest BCUT2D eigenvalue weighted by Crippen LogP contribution is -2.18. The van der Waals surface area contributed by atoms with Crippen LogP contribution in [0.4, 0.5) is 5.69 Å². The maximum Gasteiger partial charge on any atom is 0.283 e. The molecular formula is C15H14BrClN2O2. The number of nitrogens with zero attached hydrogens (tertiary/aromatic N) is 1. The van der Waals surface area contributed by atoms with Crippen LogP contribution in [0.3, 0.4) is 0 Å². The highest BCUT2D eigenvalue weighted by Gasteiger charge is 2.15. The largest absolute Gasteiger partial charge is 0.306 e. The Bertz CT molecular complexity index is 664. The minimum Gasteiger partial charge on any atom is -0.306 e. The van der Waals surface area contributed by atoms with Gasteiger partial charge in [-0.1, -0.05) is 35.9 Å². The molecule has 0 saturated heterocycles. The van der Waals surface area contributed by atoms with E-state index in [1.54, 1.807) is 6.07 Å². The number of halogens is 2. The van der Waals surface area contributed by atoms with Gasteiger partial charge >= 0.3 is 0 Å². The van der Waals surface area contributed by atoms with Crippen molar-refractivity contribution in [3.05, 3.63) is 73.2 Å². The molecule has 110 valence electrons. The molecule has 0 saturated carbocycles. The van der Waals surface area contributed by atoms with Gasteiger partial charge in [-0.25, -0.2) is 0 Å². The molecule has 0 aliphatic carbocycles. The first-order valence-electron chi connectivity index (χ1n) is 6.39. The number of benzene rings is 2. The fraction of sp³-hybridized carbons (Fsp3) is 0.200. The molecule has 2 rings (SSSR count). The Kier molecular flexibility index (Phi) is 5.33. The summed E-state index contributed by atoms with van der Waals surface area (Å²) in [6.45, 7) is 2.55. The van der Waals surface area contributed by atoms with E-state index in [1.165, 1.54) is 6.07 Å². The van der Waals surface area contributed by atoms with Gasteiger partial charge in [0.25, 0.3) is 5.69 Å². The average Bonchev–Trinajstić information content (AvgIpc) is 2.45. The molecule has 0 aliphatic rings. The van der Waals surface area contributed by atoms with Crippen LogP contribution >= 0.6 is 27.5 Å². The van der Waals surface area contributed by atoms with E-state index < -0.39 is 4.92 Å². The van der Waals surface area contributed by atoms with Gasteiger partial charge in [0.1, 0.15) is 0 Å². The number of hydrogen-bond donors (Lipinski definition) is 1. The average molecular weight is 370 g/mol. The minimum absolute atomic E-state index is 0.0738. The Hall–Kier alpha value is -1.43. The van der Waals surface area contributed by atoms with Crippen LogP contribution in [-0.2, 0) is 6.54 Å². The molecule has 2 aromatic rings. The zero-order chi connectivity index (χ0) is 15.4. The standard InChI is InChI=1S/C15H14BrClN2O2/c1-10(11-4-2-6-13(17)8-11)18-9-12-5-3-7-14(15(12)16)19(20)21/h2-8,10,18H,9H2,1H3/t10-/m0/s1. The molecule has 1 atom stereocenters. The summed E-state index contributed by atoms with van der Waals surface area (Å²) in [7, 11) is 0. The van der Waals surface area contributed by atoms with Crippen LogP contribution in [0.5, 0.6) is 0 Å². The predicted octanol–water partition coefficient (Wildman–Crippen LogP) is 4.86. The van der Waals surface area contributed by atoms with Crippen molar-refractivity contribution >= 4 is 33.2 Å². The second-order valence-corrected chi connectivity index (χ2v) is 5.89. The van der Waals surface area contributed by atoms with Gasteiger partial charge in [0, 0.05) is 23.7 Å². The third kappa shape index (κ3) is 4.03. The topological polar surface area (TPSA) is 55.2 Å². The molecule has 0 unspecified atom stereocenters. The number of rotatable bonds is 5. The molecule has 0 spiro atoms. The Labute approximate surface area is 136 Å². The summed E-state index contributed by atoms with van der Waals surface area (Å²) < 4.78 is 0.515. The lowest BCUT2D eigenvalue weighted by Gasteiger charge is -2.15. The molecule has 0 radical (unpaired) electrons. The van der Waals surface area contributed by atoms with Crippen LogP contribution < -0.4 is 5.32 Å². The van der Waals surface area contributed by atoms with E-state index >= 15 is 0 Å². The van der Waals surface area contributed by atoms with Gasteiger partial charge < -0.3 is 5.32 Å². The summed E-state index contributed by atoms with van der Waals surface area (Å²) in [4.78, 5) is 10.5. The third-order valence-corrected chi connectivity index (χ3v) is 4.35. The maximum atomic E-state index is 10.9. The van der Waals surface area contributed by atoms with Gasteiger partial charge in [0.15, 0.2) is 0 Å². The summed E-state index contributed by atoms with van der Waals surface area (Å²) in [5, 5.41) is 14.9. The number of nitrogens with one attached hydrogen (secondary N) is 1. The Morgan fingerprint density at radius 1 is 1.33 bits per heavy atom. The minimum atomic E-state index is -0.395. The highest BCUT2D eigenvalue weighted by atomic mass is 79.9. The van der Waals surface area contributed by atoms with Gasteiger partial charge in [-0.05, 0) is 46.1 Å². The second kappa shape index (κ2) is 7.02. The van der Waals surface area contributed by atoms with E-state index in [2.05, 4.69) is 21.2 Å². The van der Waals surface area contributed by atoms with Gasteiger partial charge in [-0.2, -0.15) is 0 Å². The van der Waals surface area contributed by atoms with Crippen molar-refractivity contribution < 1.29 is 4.92 Å². The summed E-state index contributed by atoms with van der Waals surface area (Å²) in [6.07, 6.45) is 0. The quantitative estimate of drug-likeness (QED) is 0.605. The van der Waals surface area contributed by atoms with Crippen molar-refractivity contribution in [1.82, 2.24) is 5.32 Å². The summed E-state index contributed by atoms with van der Waals surface area (Å²) in [6, 6.07) is 12.7. The Morgan fingerprint density at radius 3 is 2.71 bits per heavy atom. The monoisotopic (exact) mass is 368 g/mol. The molecule has 0 bridgehead atoms. The normalized spacial score (nSPS) is 12.1. The first-order chi connectivity index (χ1) is 9.99. The molecular weight excluding hydrogens is 356 g/mol. The van der Waals surface area contributed by atoms with Crippen LogP contribution in [0.25, 0.3) is 0 Å². The van der Waals surface area contributed by atoms with E-state index in [1.807, 2.05) is 37.3 Å². The molecule has 0 aliphatic heterocycles. The summed E-state index contributed by atoms with van der Waals surface area (Å²) >= 11 is 9.27. The van der Waals surface area contributed by atoms with Crippen LogP contribution in [0.1, 0.15) is 24.1 Å². The lowest BCUT2D eigenvalue weighted by atomic mass is 10.1. The van der Waals surface area contributed by atoms with E-state index in [4.69, 9.17) is 11.6 Å². The van der Waals surface area contributed by atoms with Gasteiger partial charge in [-0.15, -0.1) is 0 Å². The second-order valence-electron chi connectivity index (χ2n) is 4.66. The number of nitro groups is 1. The van der Waals surface area contributed by atoms with E-state index in [0.29, 0.717) is 16.0 Å². The van der Waals surface area contributed by atoms with Crippen molar-refractivity contribution in [2.24, 2.45) is 0 Å². The van der Waals surface area contributed by atoms with Crippen molar-refractivity contribution in [2.45, 2.75) is 19.5 Å². The summed E-state index contributed by atoms with van der Waals surface area (Å²) in [5.41, 5.74) is 1.99. The molecule has 0 fully saturated rings. The molecule has 21 heavy (non-hydrogen) atoms. The maximum absolute atomic E-state index is 10.9. The van der Waals surface area contributed by atoms with E-state index in [0.717, 1.165) is 11.1 Å². The van der Waals surface area contributed by atoms with Crippen molar-refractivity contribution in [1.29, 1.82) is 0 Å². The number of nitro benzene ring substituents is 1. The zero-order valence-corrected chi connectivity index (χ0v) is 13.7. The first-order valence-corrected chi connectivity index (χ1v) is 7.56. The zero-order valence-electron chi connectivity index (χ0n) is 11.3. The van der Waals surface area contributed by atoms with Crippen molar-refractivity contribution in [3.8, 4) is 0 Å². The molecule has 0 amide bonds. The van der Waals surface area contributed by atoms with Crippen LogP contribution in [-0.4, -0.2) is 4.92 Å². The van der Waals surface area contributed by atoms with Crippen LogP contribution in [0.15, 0.2) is 46.9 Å². The van der Waals surface area contributed by atoms with E-state index in [-0.39, 0.29) is 11.7 Å². The highest BCUT2D eigenvalue weighted by Crippen LogP contribution is 2.28. The van der Waals surface area contributed by atoms with Gasteiger partial charge in [0.2, 0.25) is 0 Å². The molecule has 0 heterocycles. The SMILES string of the molecule is C[C@H](NCc1cccc([N+](=O)[O-])c1Br)c1cccc(Cl)c1. The van der Waals surface area contributed by atoms with Gasteiger partial charge in [-0.3, -0.25) is 10.1 Å².